The molecule has 88 valence electrons. The fourth-order valence-corrected chi connectivity index (χ4v) is 3.03. The first-order valence-electron chi connectivity index (χ1n) is 6.15. The van der Waals surface area contributed by atoms with Crippen LogP contribution in [0.3, 0.4) is 0 Å². The topological polar surface area (TPSA) is 49.9 Å². The number of ether oxygens (including phenoxy) is 1. The van der Waals surface area contributed by atoms with E-state index in [2.05, 4.69) is 0 Å². The lowest BCUT2D eigenvalue weighted by atomic mass is 10.00. The van der Waals surface area contributed by atoms with E-state index in [1.54, 1.807) is 0 Å². The van der Waals surface area contributed by atoms with Crippen molar-refractivity contribution in [3.05, 3.63) is 0 Å². The zero-order valence-corrected chi connectivity index (χ0v) is 9.52. The fourth-order valence-electron chi connectivity index (χ4n) is 3.03. The van der Waals surface area contributed by atoms with Crippen LogP contribution in [0.2, 0.25) is 0 Å². The molecule has 4 unspecified atom stereocenters. The molecule has 2 heterocycles. The average Bonchev–Trinajstić information content (AvgIpc) is 2.96. The molecule has 0 aromatic carbocycles. The van der Waals surface area contributed by atoms with E-state index in [9.17, 15) is 9.59 Å². The van der Waals surface area contributed by atoms with E-state index in [1.165, 1.54) is 4.90 Å². The lowest BCUT2D eigenvalue weighted by Gasteiger charge is -2.19. The van der Waals surface area contributed by atoms with Crippen LogP contribution in [0.4, 0.5) is 0 Å². The van der Waals surface area contributed by atoms with Gasteiger partial charge in [-0.05, 0) is 12.8 Å². The second-order valence-corrected chi connectivity index (χ2v) is 5.28. The summed E-state index contributed by atoms with van der Waals surface area (Å²) in [6, 6.07) is 0. The van der Waals surface area contributed by atoms with E-state index in [0.29, 0.717) is 6.54 Å². The molecule has 0 N–H and O–H groups in total. The number of carbonyl (C=O) groups is 2. The Bertz CT molecular complexity index is 315. The third-order valence-electron chi connectivity index (χ3n) is 4.15. The van der Waals surface area contributed by atoms with Gasteiger partial charge >= 0.3 is 0 Å². The van der Waals surface area contributed by atoms with Gasteiger partial charge in [-0.15, -0.1) is 0 Å². The van der Waals surface area contributed by atoms with E-state index in [1.807, 2.05) is 6.92 Å². The first kappa shape index (κ1) is 10.3. The highest BCUT2D eigenvalue weighted by Crippen LogP contribution is 2.40. The second kappa shape index (κ2) is 3.55. The second-order valence-electron chi connectivity index (χ2n) is 5.28. The molecule has 0 aromatic heterocycles. The normalized spacial score (nSPS) is 39.1. The predicted octanol–water partition coefficient (Wildman–Crippen LogP) is 0.806. The number of carbonyl (C=O) groups excluding carboxylic acids is 2. The Morgan fingerprint density at radius 3 is 2.38 bits per heavy atom. The molecule has 4 heteroatoms. The van der Waals surface area contributed by atoms with E-state index < -0.39 is 0 Å². The van der Waals surface area contributed by atoms with Gasteiger partial charge in [-0.1, -0.05) is 13.3 Å². The molecule has 2 amide bonds. The van der Waals surface area contributed by atoms with Crippen LogP contribution in [0.25, 0.3) is 0 Å². The van der Waals surface area contributed by atoms with Gasteiger partial charge < -0.3 is 4.74 Å². The van der Waals surface area contributed by atoms with Crippen LogP contribution < -0.4 is 0 Å². The Kier molecular flexibility index (Phi) is 2.28. The molecule has 3 aliphatic rings. The zero-order valence-electron chi connectivity index (χ0n) is 9.52. The van der Waals surface area contributed by atoms with E-state index in [4.69, 9.17) is 4.74 Å². The van der Waals surface area contributed by atoms with Gasteiger partial charge in [0.25, 0.3) is 0 Å². The van der Waals surface area contributed by atoms with Crippen molar-refractivity contribution in [2.45, 2.75) is 32.3 Å². The number of nitrogens with zero attached hydrogens (tertiary/aromatic N) is 1. The van der Waals surface area contributed by atoms with Gasteiger partial charge in [0, 0.05) is 12.5 Å². The van der Waals surface area contributed by atoms with E-state index >= 15 is 0 Å². The third-order valence-corrected chi connectivity index (χ3v) is 4.15. The number of hydrogen-bond acceptors (Lipinski definition) is 3. The fraction of sp³-hybridized carbons (Fsp3) is 0.833. The summed E-state index contributed by atoms with van der Waals surface area (Å²) >= 11 is 0. The zero-order chi connectivity index (χ0) is 11.3. The van der Waals surface area contributed by atoms with Crippen molar-refractivity contribution in [2.24, 2.45) is 17.8 Å². The quantitative estimate of drug-likeness (QED) is 0.525. The Hall–Kier alpha value is -0.900. The van der Waals surface area contributed by atoms with E-state index in [-0.39, 0.29) is 35.7 Å². The molecule has 3 rings (SSSR count). The first-order valence-corrected chi connectivity index (χ1v) is 6.15. The maximum Gasteiger partial charge on any atom is 0.233 e. The lowest BCUT2D eigenvalue weighted by Crippen LogP contribution is -2.36. The highest BCUT2D eigenvalue weighted by molar-refractivity contribution is 6.05. The molecule has 2 saturated heterocycles. The molecule has 1 saturated carbocycles. The molecule has 16 heavy (non-hydrogen) atoms. The van der Waals surface area contributed by atoms with Gasteiger partial charge in [0.1, 0.15) is 0 Å². The minimum Gasteiger partial charge on any atom is -0.373 e. The molecule has 0 aromatic rings. The van der Waals surface area contributed by atoms with Crippen molar-refractivity contribution in [2.75, 3.05) is 13.2 Å². The maximum absolute atomic E-state index is 12.0. The summed E-state index contributed by atoms with van der Waals surface area (Å²) in [6.45, 7) is 3.38. The monoisotopic (exact) mass is 223 g/mol. The predicted molar refractivity (Wildman–Crippen MR) is 56.5 cm³/mol. The molecule has 0 spiro atoms. The van der Waals surface area contributed by atoms with Crippen LogP contribution in [0.1, 0.15) is 26.2 Å². The Morgan fingerprint density at radius 1 is 1.31 bits per heavy atom. The molecule has 0 radical (unpaired) electrons. The molecule has 4 atom stereocenters. The maximum atomic E-state index is 12.0. The number of rotatable bonds is 3. The first-order chi connectivity index (χ1) is 7.68. The summed E-state index contributed by atoms with van der Waals surface area (Å²) in [5, 5.41) is 0. The van der Waals surface area contributed by atoms with Gasteiger partial charge in [0.05, 0.1) is 24.5 Å². The largest absolute Gasteiger partial charge is 0.373 e. The van der Waals surface area contributed by atoms with Crippen LogP contribution in [0.15, 0.2) is 0 Å². The van der Waals surface area contributed by atoms with Crippen LogP contribution in [0.5, 0.6) is 0 Å². The van der Waals surface area contributed by atoms with Gasteiger partial charge in [-0.2, -0.15) is 0 Å². The summed E-state index contributed by atoms with van der Waals surface area (Å²) < 4.78 is 5.20. The SMILES string of the molecule is CC(CN1C(=O)C2CCCC2C1=O)C1CO1. The number of imide groups is 1. The highest BCUT2D eigenvalue weighted by Gasteiger charge is 2.50. The Labute approximate surface area is 94.9 Å². The smallest absolute Gasteiger partial charge is 0.233 e. The summed E-state index contributed by atoms with van der Waals surface area (Å²) in [7, 11) is 0. The van der Waals surface area contributed by atoms with Crippen LogP contribution >= 0.6 is 0 Å². The van der Waals surface area contributed by atoms with Crippen molar-refractivity contribution in [3.63, 3.8) is 0 Å². The van der Waals surface area contributed by atoms with Gasteiger partial charge in [0.15, 0.2) is 0 Å². The molecular formula is C12H17NO3. The lowest BCUT2D eigenvalue weighted by molar-refractivity contribution is -0.141. The number of epoxide rings is 1. The molecule has 2 aliphatic heterocycles. The molecular weight excluding hydrogens is 206 g/mol. The standard InChI is InChI=1S/C12H17NO3/c1-7(10-6-16-10)5-13-11(14)8-3-2-4-9(8)12(13)15/h7-10H,2-6H2,1H3. The number of fused-ring (bicyclic) bond motifs is 1. The minimum absolute atomic E-state index is 0.000165. The third kappa shape index (κ3) is 1.47. The summed E-state index contributed by atoms with van der Waals surface area (Å²) in [5.74, 6) is 0.423. The van der Waals surface area contributed by atoms with Gasteiger partial charge in [0.2, 0.25) is 11.8 Å². The number of hydrogen-bond donors (Lipinski definition) is 0. The Balaban J connectivity index is 1.70. The highest BCUT2D eigenvalue weighted by atomic mass is 16.6. The number of likely N-dealkylation sites (tertiary alicyclic amines) is 1. The summed E-state index contributed by atoms with van der Waals surface area (Å²) in [5.41, 5.74) is 0. The summed E-state index contributed by atoms with van der Waals surface area (Å²) in [4.78, 5) is 25.6. The Morgan fingerprint density at radius 2 is 1.88 bits per heavy atom. The van der Waals surface area contributed by atoms with Crippen molar-refractivity contribution in [3.8, 4) is 0 Å². The van der Waals surface area contributed by atoms with Crippen LogP contribution in [-0.2, 0) is 14.3 Å². The minimum atomic E-state index is -0.000165. The number of amides is 2. The van der Waals surface area contributed by atoms with Crippen molar-refractivity contribution < 1.29 is 14.3 Å². The van der Waals surface area contributed by atoms with Gasteiger partial charge in [-0.3, -0.25) is 14.5 Å². The van der Waals surface area contributed by atoms with Crippen molar-refractivity contribution in [1.29, 1.82) is 0 Å². The molecule has 0 bridgehead atoms. The molecule has 4 nitrogen and oxygen atoms in total. The van der Waals surface area contributed by atoms with Crippen molar-refractivity contribution in [1.82, 2.24) is 4.90 Å². The molecule has 1 aliphatic carbocycles. The van der Waals surface area contributed by atoms with Crippen LogP contribution in [-0.4, -0.2) is 36.0 Å². The van der Waals surface area contributed by atoms with E-state index in [0.717, 1.165) is 25.9 Å². The average molecular weight is 223 g/mol. The molecule has 3 fully saturated rings. The van der Waals surface area contributed by atoms with Crippen molar-refractivity contribution >= 4 is 11.8 Å². The van der Waals surface area contributed by atoms with Crippen LogP contribution in [0, 0.1) is 17.8 Å². The summed E-state index contributed by atoms with van der Waals surface area (Å²) in [6.07, 6.45) is 3.10. The van der Waals surface area contributed by atoms with Gasteiger partial charge in [-0.25, -0.2) is 0 Å².